The van der Waals surface area contributed by atoms with E-state index in [1.165, 1.54) is 16.4 Å². The predicted octanol–water partition coefficient (Wildman–Crippen LogP) is 3.09. The molecule has 0 spiro atoms. The molecule has 7 nitrogen and oxygen atoms in total. The molecule has 0 aliphatic carbocycles. The standard InChI is InChI=1S/C23H29N3O4S/c1-3-4-14-26-17-19(15-22(26)27)23(28)24-20-10-12-21(13-11-20)31(29,30)25(2)16-18-8-6-5-7-9-18/h5-13,19H,3-4,14-17H2,1-2H3,(H,24,28). The maximum Gasteiger partial charge on any atom is 0.243 e. The number of benzene rings is 2. The zero-order chi connectivity index (χ0) is 22.4. The van der Waals surface area contributed by atoms with Gasteiger partial charge in [0.05, 0.1) is 10.8 Å². The Balaban J connectivity index is 1.60. The van der Waals surface area contributed by atoms with Crippen LogP contribution in [0.25, 0.3) is 0 Å². The Hall–Kier alpha value is -2.71. The zero-order valence-corrected chi connectivity index (χ0v) is 18.8. The first-order chi connectivity index (χ1) is 14.8. The molecule has 8 heteroatoms. The third-order valence-corrected chi connectivity index (χ3v) is 7.26. The Morgan fingerprint density at radius 1 is 1.13 bits per heavy atom. The highest BCUT2D eigenvalue weighted by Crippen LogP contribution is 2.22. The van der Waals surface area contributed by atoms with E-state index in [0.29, 0.717) is 18.8 Å². The lowest BCUT2D eigenvalue weighted by Gasteiger charge is -2.18. The maximum atomic E-state index is 12.8. The normalized spacial score (nSPS) is 16.7. The van der Waals surface area contributed by atoms with Gasteiger partial charge in [0.1, 0.15) is 0 Å². The van der Waals surface area contributed by atoms with Gasteiger partial charge in [-0.05, 0) is 36.2 Å². The highest BCUT2D eigenvalue weighted by molar-refractivity contribution is 7.89. The van der Waals surface area contributed by atoms with Crippen LogP contribution in [0.5, 0.6) is 0 Å². The minimum Gasteiger partial charge on any atom is -0.342 e. The van der Waals surface area contributed by atoms with E-state index in [-0.39, 0.29) is 35.6 Å². The fraction of sp³-hybridized carbons (Fsp3) is 0.391. The first-order valence-corrected chi connectivity index (χ1v) is 11.9. The summed E-state index contributed by atoms with van der Waals surface area (Å²) >= 11 is 0. The molecule has 1 aliphatic rings. The second kappa shape index (κ2) is 10.1. The summed E-state index contributed by atoms with van der Waals surface area (Å²) in [5.41, 5.74) is 1.41. The van der Waals surface area contributed by atoms with Crippen LogP contribution in [0, 0.1) is 5.92 Å². The number of unbranched alkanes of at least 4 members (excludes halogenated alkanes) is 1. The van der Waals surface area contributed by atoms with E-state index < -0.39 is 10.0 Å². The van der Waals surface area contributed by atoms with Crippen molar-refractivity contribution in [1.29, 1.82) is 0 Å². The third kappa shape index (κ3) is 5.71. The summed E-state index contributed by atoms with van der Waals surface area (Å²) in [6.45, 7) is 3.45. The number of sulfonamides is 1. The van der Waals surface area contributed by atoms with E-state index in [4.69, 9.17) is 0 Å². The average Bonchev–Trinajstić information content (AvgIpc) is 3.14. The van der Waals surface area contributed by atoms with E-state index >= 15 is 0 Å². The number of anilines is 1. The summed E-state index contributed by atoms with van der Waals surface area (Å²) in [7, 11) is -2.11. The molecule has 1 aliphatic heterocycles. The van der Waals surface area contributed by atoms with Crippen LogP contribution in [0.4, 0.5) is 5.69 Å². The molecule has 3 rings (SSSR count). The molecule has 0 saturated carbocycles. The van der Waals surface area contributed by atoms with Gasteiger partial charge in [-0.3, -0.25) is 9.59 Å². The highest BCUT2D eigenvalue weighted by atomic mass is 32.2. The van der Waals surface area contributed by atoms with Gasteiger partial charge >= 0.3 is 0 Å². The lowest BCUT2D eigenvalue weighted by molar-refractivity contribution is -0.128. The van der Waals surface area contributed by atoms with Crippen molar-refractivity contribution in [1.82, 2.24) is 9.21 Å². The SMILES string of the molecule is CCCCN1CC(C(=O)Nc2ccc(S(=O)(=O)N(C)Cc3ccccc3)cc2)CC1=O. The second-order valence-electron chi connectivity index (χ2n) is 7.85. The van der Waals surface area contributed by atoms with Crippen molar-refractivity contribution in [2.75, 3.05) is 25.5 Å². The number of carbonyl (C=O) groups is 2. The summed E-state index contributed by atoms with van der Waals surface area (Å²) in [5.74, 6) is -0.592. The largest absolute Gasteiger partial charge is 0.342 e. The molecule has 31 heavy (non-hydrogen) atoms. The maximum absolute atomic E-state index is 12.8. The van der Waals surface area contributed by atoms with Gasteiger partial charge in [-0.25, -0.2) is 8.42 Å². The smallest absolute Gasteiger partial charge is 0.243 e. The molecule has 2 aromatic carbocycles. The van der Waals surface area contributed by atoms with Gasteiger partial charge in [-0.15, -0.1) is 0 Å². The van der Waals surface area contributed by atoms with Crippen molar-refractivity contribution in [2.24, 2.45) is 5.92 Å². The number of hydrogen-bond acceptors (Lipinski definition) is 4. The van der Waals surface area contributed by atoms with E-state index in [1.54, 1.807) is 24.1 Å². The van der Waals surface area contributed by atoms with Crippen LogP contribution < -0.4 is 5.32 Å². The Morgan fingerprint density at radius 2 is 1.81 bits per heavy atom. The Labute approximate surface area is 184 Å². The topological polar surface area (TPSA) is 86.8 Å². The van der Waals surface area contributed by atoms with E-state index in [0.717, 1.165) is 18.4 Å². The van der Waals surface area contributed by atoms with Crippen molar-refractivity contribution in [3.63, 3.8) is 0 Å². The molecular formula is C23H29N3O4S. The molecule has 0 aromatic heterocycles. The monoisotopic (exact) mass is 443 g/mol. The number of likely N-dealkylation sites (tertiary alicyclic amines) is 1. The number of hydrogen-bond donors (Lipinski definition) is 1. The minimum atomic E-state index is -3.65. The van der Waals surface area contributed by atoms with Crippen LogP contribution in [0.15, 0.2) is 59.5 Å². The summed E-state index contributed by atoms with van der Waals surface area (Å²) < 4.78 is 27.0. The summed E-state index contributed by atoms with van der Waals surface area (Å²) in [4.78, 5) is 26.5. The van der Waals surface area contributed by atoms with Crippen molar-refractivity contribution >= 4 is 27.5 Å². The fourth-order valence-electron chi connectivity index (χ4n) is 3.57. The van der Waals surface area contributed by atoms with Crippen molar-refractivity contribution < 1.29 is 18.0 Å². The summed E-state index contributed by atoms with van der Waals surface area (Å²) in [5, 5.41) is 2.80. The minimum absolute atomic E-state index is 0.0106. The first kappa shape index (κ1) is 23.0. The lowest BCUT2D eigenvalue weighted by Crippen LogP contribution is -2.29. The van der Waals surface area contributed by atoms with Gasteiger partial charge in [-0.1, -0.05) is 43.7 Å². The van der Waals surface area contributed by atoms with Crippen LogP contribution in [-0.2, 0) is 26.2 Å². The van der Waals surface area contributed by atoms with Gasteiger partial charge in [-0.2, -0.15) is 4.31 Å². The number of rotatable bonds is 9. The van der Waals surface area contributed by atoms with Gasteiger partial charge in [0.25, 0.3) is 0 Å². The zero-order valence-electron chi connectivity index (χ0n) is 18.0. The van der Waals surface area contributed by atoms with Crippen molar-refractivity contribution in [2.45, 2.75) is 37.6 Å². The first-order valence-electron chi connectivity index (χ1n) is 10.5. The second-order valence-corrected chi connectivity index (χ2v) is 9.90. The van der Waals surface area contributed by atoms with E-state index in [2.05, 4.69) is 12.2 Å². The molecule has 166 valence electrons. The van der Waals surface area contributed by atoms with Gasteiger partial charge in [0.15, 0.2) is 0 Å². The highest BCUT2D eigenvalue weighted by Gasteiger charge is 2.33. The Morgan fingerprint density at radius 3 is 2.45 bits per heavy atom. The van der Waals surface area contributed by atoms with Crippen LogP contribution >= 0.6 is 0 Å². The molecule has 1 saturated heterocycles. The average molecular weight is 444 g/mol. The van der Waals surface area contributed by atoms with Gasteiger partial charge in [0, 0.05) is 38.8 Å². The quantitative estimate of drug-likeness (QED) is 0.645. The molecule has 1 atom stereocenters. The number of carbonyl (C=O) groups excluding carboxylic acids is 2. The molecular weight excluding hydrogens is 414 g/mol. The summed E-state index contributed by atoms with van der Waals surface area (Å²) in [6, 6.07) is 15.5. The number of amides is 2. The van der Waals surface area contributed by atoms with Crippen LogP contribution in [0.1, 0.15) is 31.7 Å². The Kier molecular flexibility index (Phi) is 7.46. The molecule has 1 fully saturated rings. The lowest BCUT2D eigenvalue weighted by atomic mass is 10.1. The van der Waals surface area contributed by atoms with Crippen LogP contribution in [0.3, 0.4) is 0 Å². The number of nitrogens with zero attached hydrogens (tertiary/aromatic N) is 2. The van der Waals surface area contributed by atoms with Crippen molar-refractivity contribution in [3.05, 3.63) is 60.2 Å². The third-order valence-electron chi connectivity index (χ3n) is 5.44. The number of nitrogens with one attached hydrogen (secondary N) is 1. The van der Waals surface area contributed by atoms with Gasteiger partial charge in [0.2, 0.25) is 21.8 Å². The molecule has 1 heterocycles. The fourth-order valence-corrected chi connectivity index (χ4v) is 4.73. The van der Waals surface area contributed by atoms with Gasteiger partial charge < -0.3 is 10.2 Å². The molecule has 0 radical (unpaired) electrons. The Bertz CT molecular complexity index is 1010. The molecule has 2 amide bonds. The molecule has 1 N–H and O–H groups in total. The molecule has 2 aromatic rings. The van der Waals surface area contributed by atoms with Crippen LogP contribution in [0.2, 0.25) is 0 Å². The van der Waals surface area contributed by atoms with Crippen molar-refractivity contribution in [3.8, 4) is 0 Å². The molecule has 0 bridgehead atoms. The van der Waals surface area contributed by atoms with E-state index in [9.17, 15) is 18.0 Å². The van der Waals surface area contributed by atoms with E-state index in [1.807, 2.05) is 30.3 Å². The van der Waals surface area contributed by atoms with Crippen LogP contribution in [-0.4, -0.2) is 49.6 Å². The molecule has 1 unspecified atom stereocenters. The predicted molar refractivity (Wildman–Crippen MR) is 120 cm³/mol. The summed E-state index contributed by atoms with van der Waals surface area (Å²) in [6.07, 6.45) is 2.14.